The Kier molecular flexibility index (Phi) is 4.72. The number of ether oxygens (including phenoxy) is 1. The molecular weight excluding hydrogens is 344 g/mol. The van der Waals surface area contributed by atoms with Crippen LogP contribution in [-0.4, -0.2) is 18.5 Å². The molecule has 0 heterocycles. The quantitative estimate of drug-likeness (QED) is 0.841. The molecule has 0 fully saturated rings. The average Bonchev–Trinajstić information content (AvgIpc) is 2.23. The summed E-state index contributed by atoms with van der Waals surface area (Å²) in [5, 5.41) is 0. The largest absolute Gasteiger partial charge is 0.471 e. The van der Waals surface area contributed by atoms with Crippen LogP contribution in [0.1, 0.15) is 5.56 Å². The lowest BCUT2D eigenvalue weighted by Crippen LogP contribution is -2.46. The van der Waals surface area contributed by atoms with Crippen molar-refractivity contribution in [3.63, 3.8) is 0 Å². The normalized spacial score (nSPS) is 12.9. The van der Waals surface area contributed by atoms with Crippen LogP contribution < -0.4 is 10.5 Å². The van der Waals surface area contributed by atoms with Crippen LogP contribution in [0, 0.1) is 0 Å². The van der Waals surface area contributed by atoms with E-state index in [2.05, 4.69) is 20.7 Å². The highest BCUT2D eigenvalue weighted by molar-refractivity contribution is 9.10. The highest BCUT2D eigenvalue weighted by Gasteiger charge is 2.59. The second-order valence-corrected chi connectivity index (χ2v) is 4.45. The standard InChI is InChI=1S/C10H8BrF6NO/c11-6-2-1-5(4-18)7(3-6)19-8(9(12,13)14)10(15,16)17/h1-3,8H,4,18H2. The third kappa shape index (κ3) is 4.27. The van der Waals surface area contributed by atoms with Crippen LogP contribution >= 0.6 is 15.9 Å². The minimum absolute atomic E-state index is 0.0432. The van der Waals surface area contributed by atoms with Gasteiger partial charge >= 0.3 is 12.4 Å². The topological polar surface area (TPSA) is 35.2 Å². The van der Waals surface area contributed by atoms with Gasteiger partial charge in [0.25, 0.3) is 6.10 Å². The Morgan fingerprint density at radius 1 is 1.11 bits per heavy atom. The molecule has 0 radical (unpaired) electrons. The fourth-order valence-electron chi connectivity index (χ4n) is 1.25. The van der Waals surface area contributed by atoms with Gasteiger partial charge in [0.15, 0.2) is 0 Å². The van der Waals surface area contributed by atoms with Crippen molar-refractivity contribution in [1.82, 2.24) is 0 Å². The maximum atomic E-state index is 12.3. The van der Waals surface area contributed by atoms with Crippen molar-refractivity contribution in [2.24, 2.45) is 5.73 Å². The van der Waals surface area contributed by atoms with Crippen LogP contribution in [0.5, 0.6) is 5.75 Å². The van der Waals surface area contributed by atoms with E-state index in [4.69, 9.17) is 5.73 Å². The first-order chi connectivity index (χ1) is 8.55. The Bertz CT molecular complexity index is 431. The van der Waals surface area contributed by atoms with Gasteiger partial charge in [0, 0.05) is 16.6 Å². The fourth-order valence-corrected chi connectivity index (χ4v) is 1.59. The van der Waals surface area contributed by atoms with E-state index in [0.717, 1.165) is 6.07 Å². The van der Waals surface area contributed by atoms with Crippen molar-refractivity contribution in [1.29, 1.82) is 0 Å². The van der Waals surface area contributed by atoms with E-state index in [9.17, 15) is 26.3 Å². The fraction of sp³-hybridized carbons (Fsp3) is 0.400. The molecule has 1 aromatic rings. The van der Waals surface area contributed by atoms with Crippen LogP contribution in [-0.2, 0) is 6.54 Å². The predicted molar refractivity (Wildman–Crippen MR) is 58.6 cm³/mol. The van der Waals surface area contributed by atoms with E-state index in [1.807, 2.05) is 0 Å². The van der Waals surface area contributed by atoms with Crippen LogP contribution in [0.3, 0.4) is 0 Å². The molecule has 1 rings (SSSR count). The molecule has 2 N–H and O–H groups in total. The van der Waals surface area contributed by atoms with Crippen LogP contribution in [0.25, 0.3) is 0 Å². The Morgan fingerprint density at radius 2 is 1.63 bits per heavy atom. The molecule has 0 spiro atoms. The monoisotopic (exact) mass is 351 g/mol. The third-order valence-corrected chi connectivity index (χ3v) is 2.58. The molecule has 108 valence electrons. The zero-order chi connectivity index (χ0) is 14.8. The summed E-state index contributed by atoms with van der Waals surface area (Å²) >= 11 is 2.93. The van der Waals surface area contributed by atoms with Gasteiger partial charge < -0.3 is 10.5 Å². The maximum absolute atomic E-state index is 12.3. The van der Waals surface area contributed by atoms with Crippen molar-refractivity contribution >= 4 is 15.9 Å². The van der Waals surface area contributed by atoms with E-state index < -0.39 is 24.2 Å². The molecule has 0 aliphatic carbocycles. The Labute approximate surface area is 112 Å². The first-order valence-electron chi connectivity index (χ1n) is 4.84. The summed E-state index contributed by atoms with van der Waals surface area (Å²) in [5.41, 5.74) is 5.28. The predicted octanol–water partition coefficient (Wildman–Crippen LogP) is 3.78. The van der Waals surface area contributed by atoms with Gasteiger partial charge in [0.05, 0.1) is 0 Å². The van der Waals surface area contributed by atoms with E-state index in [0.29, 0.717) is 0 Å². The van der Waals surface area contributed by atoms with Gasteiger partial charge in [-0.15, -0.1) is 0 Å². The number of rotatable bonds is 3. The van der Waals surface area contributed by atoms with Gasteiger partial charge in [-0.2, -0.15) is 26.3 Å². The van der Waals surface area contributed by atoms with Gasteiger partial charge in [0.2, 0.25) is 0 Å². The van der Waals surface area contributed by atoms with Crippen molar-refractivity contribution < 1.29 is 31.1 Å². The van der Waals surface area contributed by atoms with E-state index in [-0.39, 0.29) is 16.6 Å². The summed E-state index contributed by atoms with van der Waals surface area (Å²) in [6.45, 7) is -0.245. The average molecular weight is 352 g/mol. The Morgan fingerprint density at radius 3 is 2.05 bits per heavy atom. The molecule has 0 saturated heterocycles. The highest BCUT2D eigenvalue weighted by atomic mass is 79.9. The number of nitrogens with two attached hydrogens (primary N) is 1. The zero-order valence-corrected chi connectivity index (χ0v) is 10.7. The van der Waals surface area contributed by atoms with Gasteiger partial charge in [-0.25, -0.2) is 0 Å². The molecule has 0 aromatic heterocycles. The molecule has 0 atom stereocenters. The van der Waals surface area contributed by atoms with Gasteiger partial charge in [-0.05, 0) is 12.1 Å². The summed E-state index contributed by atoms with van der Waals surface area (Å²) in [7, 11) is 0. The second-order valence-electron chi connectivity index (χ2n) is 3.54. The molecule has 2 nitrogen and oxygen atoms in total. The van der Waals surface area contributed by atoms with Crippen molar-refractivity contribution in [2.75, 3.05) is 0 Å². The lowest BCUT2D eigenvalue weighted by Gasteiger charge is -2.25. The summed E-state index contributed by atoms with van der Waals surface area (Å²) in [6, 6.07) is 3.72. The molecule has 0 unspecified atom stereocenters. The lowest BCUT2D eigenvalue weighted by molar-refractivity contribution is -0.300. The summed E-state index contributed by atoms with van der Waals surface area (Å²) in [5.74, 6) is -0.559. The molecule has 1 aromatic carbocycles. The van der Waals surface area contributed by atoms with Crippen LogP contribution in [0.2, 0.25) is 0 Å². The SMILES string of the molecule is NCc1ccc(Br)cc1OC(C(F)(F)F)C(F)(F)F. The van der Waals surface area contributed by atoms with E-state index in [1.54, 1.807) is 0 Å². The number of alkyl halides is 6. The summed E-state index contributed by atoms with van der Waals surface area (Å²) in [4.78, 5) is 0. The molecule has 0 aliphatic rings. The molecule has 0 bridgehead atoms. The van der Waals surface area contributed by atoms with Crippen LogP contribution in [0.4, 0.5) is 26.3 Å². The molecule has 19 heavy (non-hydrogen) atoms. The molecular formula is C10H8BrF6NO. The van der Waals surface area contributed by atoms with E-state index >= 15 is 0 Å². The zero-order valence-electron chi connectivity index (χ0n) is 9.15. The minimum atomic E-state index is -5.56. The van der Waals surface area contributed by atoms with Crippen molar-refractivity contribution in [2.45, 2.75) is 25.0 Å². The molecule has 0 aliphatic heterocycles. The van der Waals surface area contributed by atoms with Crippen molar-refractivity contribution in [3.8, 4) is 5.75 Å². The van der Waals surface area contributed by atoms with Gasteiger partial charge in [-0.3, -0.25) is 0 Å². The molecule has 0 amide bonds. The molecule has 9 heteroatoms. The number of hydrogen-bond donors (Lipinski definition) is 1. The molecule has 0 saturated carbocycles. The maximum Gasteiger partial charge on any atom is 0.434 e. The highest BCUT2D eigenvalue weighted by Crippen LogP contribution is 2.37. The Balaban J connectivity index is 3.14. The lowest BCUT2D eigenvalue weighted by atomic mass is 10.2. The van der Waals surface area contributed by atoms with Crippen LogP contribution in [0.15, 0.2) is 22.7 Å². The number of halogens is 7. The first kappa shape index (κ1) is 16.1. The van der Waals surface area contributed by atoms with Gasteiger partial charge in [-0.1, -0.05) is 22.0 Å². The second kappa shape index (κ2) is 5.58. The third-order valence-electron chi connectivity index (χ3n) is 2.09. The summed E-state index contributed by atoms with van der Waals surface area (Å²) < 4.78 is 78.5. The first-order valence-corrected chi connectivity index (χ1v) is 5.63. The smallest absolute Gasteiger partial charge is 0.434 e. The minimum Gasteiger partial charge on any atom is -0.471 e. The number of benzene rings is 1. The van der Waals surface area contributed by atoms with E-state index in [1.165, 1.54) is 12.1 Å². The van der Waals surface area contributed by atoms with Crippen molar-refractivity contribution in [3.05, 3.63) is 28.2 Å². The summed E-state index contributed by atoms with van der Waals surface area (Å²) in [6.07, 6.45) is -15.0. The number of hydrogen-bond acceptors (Lipinski definition) is 2. The Hall–Kier alpha value is -0.960. The van der Waals surface area contributed by atoms with Gasteiger partial charge in [0.1, 0.15) is 5.75 Å².